The third-order valence-corrected chi connectivity index (χ3v) is 5.42. The van der Waals surface area contributed by atoms with Crippen molar-refractivity contribution >= 4 is 23.5 Å². The molecule has 0 aliphatic carbocycles. The quantitative estimate of drug-likeness (QED) is 0.733. The first-order valence-corrected chi connectivity index (χ1v) is 9.68. The largest absolute Gasteiger partial charge is 0.467 e. The second-order valence-corrected chi connectivity index (χ2v) is 7.29. The second kappa shape index (κ2) is 9.05. The number of esters is 1. The molecule has 0 spiro atoms. The Hall–Kier alpha value is -2.61. The number of benzene rings is 1. The summed E-state index contributed by atoms with van der Waals surface area (Å²) in [7, 11) is 3.42. The molecule has 0 saturated carbocycles. The summed E-state index contributed by atoms with van der Waals surface area (Å²) in [4.78, 5) is 42.8. The minimum absolute atomic E-state index is 0.134. The lowest BCUT2D eigenvalue weighted by Gasteiger charge is -2.34. The van der Waals surface area contributed by atoms with Crippen molar-refractivity contribution in [2.75, 3.05) is 58.3 Å². The van der Waals surface area contributed by atoms with Gasteiger partial charge in [0.05, 0.1) is 13.7 Å². The van der Waals surface area contributed by atoms with E-state index in [2.05, 4.69) is 22.2 Å². The van der Waals surface area contributed by atoms with Gasteiger partial charge in [-0.15, -0.1) is 0 Å². The normalized spacial score (nSPS) is 20.1. The summed E-state index contributed by atoms with van der Waals surface area (Å²) in [6.07, 6.45) is 1.35. The van der Waals surface area contributed by atoms with Gasteiger partial charge in [0.15, 0.2) is 0 Å². The van der Waals surface area contributed by atoms with Gasteiger partial charge in [-0.2, -0.15) is 0 Å². The monoisotopic (exact) mass is 388 g/mol. The molecule has 0 aromatic heterocycles. The average Bonchev–Trinajstić information content (AvgIpc) is 3.22. The van der Waals surface area contributed by atoms with Crippen LogP contribution in [-0.2, 0) is 14.3 Å². The molecule has 152 valence electrons. The van der Waals surface area contributed by atoms with Crippen molar-refractivity contribution in [1.29, 1.82) is 0 Å². The number of hydrogen-bond donors (Lipinski definition) is 1. The van der Waals surface area contributed by atoms with Crippen LogP contribution in [0.2, 0.25) is 0 Å². The van der Waals surface area contributed by atoms with Gasteiger partial charge in [0.1, 0.15) is 6.04 Å². The number of ether oxygens (including phenoxy) is 1. The molecule has 1 unspecified atom stereocenters. The van der Waals surface area contributed by atoms with Crippen molar-refractivity contribution < 1.29 is 19.1 Å². The van der Waals surface area contributed by atoms with Gasteiger partial charge in [-0.1, -0.05) is 6.07 Å². The third kappa shape index (κ3) is 4.62. The molecule has 0 radical (unpaired) electrons. The fraction of sp³-hybridized carbons (Fsp3) is 0.550. The highest BCUT2D eigenvalue weighted by molar-refractivity contribution is 5.97. The van der Waals surface area contributed by atoms with Crippen molar-refractivity contribution in [2.45, 2.75) is 18.9 Å². The van der Waals surface area contributed by atoms with Crippen LogP contribution in [0.15, 0.2) is 24.3 Å². The summed E-state index contributed by atoms with van der Waals surface area (Å²) in [6, 6.07) is 6.91. The summed E-state index contributed by atoms with van der Waals surface area (Å²) < 4.78 is 4.76. The van der Waals surface area contributed by atoms with E-state index in [0.717, 1.165) is 38.3 Å². The molecule has 0 bridgehead atoms. The summed E-state index contributed by atoms with van der Waals surface area (Å²) in [5.41, 5.74) is 1.53. The molecule has 2 heterocycles. The van der Waals surface area contributed by atoms with Gasteiger partial charge >= 0.3 is 5.97 Å². The van der Waals surface area contributed by atoms with Crippen LogP contribution in [0.25, 0.3) is 0 Å². The Morgan fingerprint density at radius 3 is 2.61 bits per heavy atom. The topological polar surface area (TPSA) is 82.2 Å². The fourth-order valence-electron chi connectivity index (χ4n) is 3.71. The maximum Gasteiger partial charge on any atom is 0.328 e. The van der Waals surface area contributed by atoms with Crippen molar-refractivity contribution in [3.05, 3.63) is 29.8 Å². The smallest absolute Gasteiger partial charge is 0.328 e. The number of amides is 2. The molecular weight excluding hydrogens is 360 g/mol. The number of rotatable bonds is 5. The van der Waals surface area contributed by atoms with Gasteiger partial charge in [0.2, 0.25) is 5.91 Å². The predicted molar refractivity (Wildman–Crippen MR) is 105 cm³/mol. The fourth-order valence-corrected chi connectivity index (χ4v) is 3.71. The number of nitrogens with zero attached hydrogens (tertiary/aromatic N) is 3. The van der Waals surface area contributed by atoms with Gasteiger partial charge in [0, 0.05) is 44.0 Å². The number of likely N-dealkylation sites (N-methyl/N-ethyl adjacent to an activating group) is 1. The Bertz CT molecular complexity index is 731. The third-order valence-electron chi connectivity index (χ3n) is 5.42. The van der Waals surface area contributed by atoms with E-state index in [1.807, 2.05) is 18.2 Å². The van der Waals surface area contributed by atoms with E-state index in [4.69, 9.17) is 4.74 Å². The number of piperazine rings is 1. The summed E-state index contributed by atoms with van der Waals surface area (Å²) >= 11 is 0. The van der Waals surface area contributed by atoms with Crippen LogP contribution in [0.5, 0.6) is 0 Å². The molecule has 8 heteroatoms. The predicted octanol–water partition coefficient (Wildman–Crippen LogP) is 0.332. The molecule has 2 amide bonds. The van der Waals surface area contributed by atoms with Gasteiger partial charge in [0.25, 0.3) is 5.91 Å². The van der Waals surface area contributed by atoms with E-state index >= 15 is 0 Å². The summed E-state index contributed by atoms with van der Waals surface area (Å²) in [5.74, 6) is -0.966. The standard InChI is InChI=1S/C20H28N4O4/c1-22-9-11-23(12-10-22)16-6-3-5-15(13-16)19(26)21-14-18(25)24-8-4-7-17(24)20(27)28-2/h3,5-6,13,17H,4,7-12,14H2,1-2H3,(H,21,26). The van der Waals surface area contributed by atoms with E-state index in [1.165, 1.54) is 12.0 Å². The molecule has 1 atom stereocenters. The minimum atomic E-state index is -0.546. The Kier molecular flexibility index (Phi) is 6.51. The van der Waals surface area contributed by atoms with Crippen molar-refractivity contribution in [2.24, 2.45) is 0 Å². The Labute approximate surface area is 165 Å². The minimum Gasteiger partial charge on any atom is -0.467 e. The summed E-state index contributed by atoms with van der Waals surface area (Å²) in [5, 5.41) is 2.68. The lowest BCUT2D eigenvalue weighted by atomic mass is 10.1. The Morgan fingerprint density at radius 1 is 1.14 bits per heavy atom. The number of carbonyl (C=O) groups excluding carboxylic acids is 3. The molecule has 2 aliphatic rings. The Morgan fingerprint density at radius 2 is 1.89 bits per heavy atom. The van der Waals surface area contributed by atoms with Crippen molar-refractivity contribution in [3.63, 3.8) is 0 Å². The zero-order valence-electron chi connectivity index (χ0n) is 16.5. The first-order valence-electron chi connectivity index (χ1n) is 9.68. The van der Waals surface area contributed by atoms with E-state index in [1.54, 1.807) is 6.07 Å². The first kappa shape index (κ1) is 20.1. The summed E-state index contributed by atoms with van der Waals surface area (Å²) in [6.45, 7) is 4.19. The van der Waals surface area contributed by atoms with Crippen LogP contribution >= 0.6 is 0 Å². The number of carbonyl (C=O) groups is 3. The van der Waals surface area contributed by atoms with Crippen LogP contribution in [0, 0.1) is 0 Å². The van der Waals surface area contributed by atoms with Crippen LogP contribution in [0.3, 0.4) is 0 Å². The molecule has 28 heavy (non-hydrogen) atoms. The van der Waals surface area contributed by atoms with Gasteiger partial charge < -0.3 is 24.8 Å². The van der Waals surface area contributed by atoms with E-state index in [9.17, 15) is 14.4 Å². The van der Waals surface area contributed by atoms with Crippen LogP contribution < -0.4 is 10.2 Å². The molecule has 8 nitrogen and oxygen atoms in total. The van der Waals surface area contributed by atoms with Crippen molar-refractivity contribution in [3.8, 4) is 0 Å². The second-order valence-electron chi connectivity index (χ2n) is 7.29. The maximum atomic E-state index is 12.5. The Balaban J connectivity index is 1.57. The lowest BCUT2D eigenvalue weighted by molar-refractivity contribution is -0.150. The van der Waals surface area contributed by atoms with Gasteiger partial charge in [-0.05, 0) is 38.1 Å². The molecule has 2 aliphatic heterocycles. The molecule has 1 aromatic carbocycles. The molecule has 1 aromatic rings. The number of methoxy groups -OCH3 is 1. The molecular formula is C20H28N4O4. The molecule has 2 fully saturated rings. The van der Waals surface area contributed by atoms with Crippen molar-refractivity contribution in [1.82, 2.24) is 15.1 Å². The molecule has 3 rings (SSSR count). The molecule has 1 N–H and O–H groups in total. The number of hydrogen-bond acceptors (Lipinski definition) is 6. The maximum absolute atomic E-state index is 12.5. The number of likely N-dealkylation sites (tertiary alicyclic amines) is 1. The van der Waals surface area contributed by atoms with E-state index in [-0.39, 0.29) is 18.4 Å². The van der Waals surface area contributed by atoms with Gasteiger partial charge in [-0.25, -0.2) is 4.79 Å². The number of nitrogens with one attached hydrogen (secondary N) is 1. The zero-order chi connectivity index (χ0) is 20.1. The van der Waals surface area contributed by atoms with E-state index < -0.39 is 12.0 Å². The van der Waals surface area contributed by atoms with Crippen LogP contribution in [0.1, 0.15) is 23.2 Å². The SMILES string of the molecule is COC(=O)C1CCCN1C(=O)CNC(=O)c1cccc(N2CCN(C)CC2)c1. The average molecular weight is 388 g/mol. The van der Waals surface area contributed by atoms with Crippen LogP contribution in [0.4, 0.5) is 5.69 Å². The first-order chi connectivity index (χ1) is 13.5. The number of anilines is 1. The highest BCUT2D eigenvalue weighted by Gasteiger charge is 2.34. The highest BCUT2D eigenvalue weighted by Crippen LogP contribution is 2.19. The highest BCUT2D eigenvalue weighted by atomic mass is 16.5. The molecule has 2 saturated heterocycles. The zero-order valence-corrected chi connectivity index (χ0v) is 16.5. The van der Waals surface area contributed by atoms with E-state index in [0.29, 0.717) is 18.5 Å². The van der Waals surface area contributed by atoms with Crippen LogP contribution in [-0.4, -0.2) is 87.1 Å². The van der Waals surface area contributed by atoms with Gasteiger partial charge in [-0.3, -0.25) is 9.59 Å². The lowest BCUT2D eigenvalue weighted by Crippen LogP contribution is -2.46.